The minimum Gasteiger partial charge on any atom is -0.462 e. The van der Waals surface area contributed by atoms with E-state index < -0.39 is 0 Å². The van der Waals surface area contributed by atoms with Gasteiger partial charge in [0.05, 0.1) is 0 Å². The van der Waals surface area contributed by atoms with Crippen molar-refractivity contribution in [3.05, 3.63) is 29.3 Å². The fourth-order valence-electron chi connectivity index (χ4n) is 2.15. The van der Waals surface area contributed by atoms with Crippen LogP contribution in [0.2, 0.25) is 0 Å². The third kappa shape index (κ3) is 2.64. The molecule has 0 aromatic heterocycles. The van der Waals surface area contributed by atoms with Gasteiger partial charge in [0, 0.05) is 32.3 Å². The summed E-state index contributed by atoms with van der Waals surface area (Å²) in [5.74, 6) is -0.0455. The van der Waals surface area contributed by atoms with Gasteiger partial charge in [-0.05, 0) is 11.6 Å². The van der Waals surface area contributed by atoms with Crippen molar-refractivity contribution < 1.29 is 19.1 Å². The number of fused-ring (bicyclic) bond motifs is 1. The largest absolute Gasteiger partial charge is 0.462 e. The first-order valence-corrected chi connectivity index (χ1v) is 5.52. The predicted molar refractivity (Wildman–Crippen MR) is 60.7 cm³/mol. The first kappa shape index (κ1) is 11.6. The Kier molecular flexibility index (Phi) is 3.13. The molecule has 1 aromatic rings. The summed E-state index contributed by atoms with van der Waals surface area (Å²) >= 11 is 0. The van der Waals surface area contributed by atoms with Crippen molar-refractivity contribution in [3.8, 4) is 5.75 Å². The molecule has 0 spiro atoms. The Balaban J connectivity index is 2.19. The normalized spacial score (nSPS) is 17.4. The average molecular weight is 234 g/mol. The molecule has 90 valence electrons. The van der Waals surface area contributed by atoms with E-state index in [2.05, 4.69) is 0 Å². The highest BCUT2D eigenvalue weighted by Gasteiger charge is 2.26. The molecular formula is C13H14O4. The van der Waals surface area contributed by atoms with Gasteiger partial charge in [-0.15, -0.1) is 0 Å². The number of hydrogen-bond donors (Lipinski definition) is 0. The lowest BCUT2D eigenvalue weighted by molar-refractivity contribution is -0.145. The van der Waals surface area contributed by atoms with Crippen LogP contribution in [-0.2, 0) is 27.2 Å². The van der Waals surface area contributed by atoms with Crippen LogP contribution in [0.3, 0.4) is 0 Å². The summed E-state index contributed by atoms with van der Waals surface area (Å²) < 4.78 is 10.3. The van der Waals surface area contributed by atoms with E-state index in [1.807, 2.05) is 12.1 Å². The number of benzene rings is 1. The summed E-state index contributed by atoms with van der Waals surface area (Å²) in [6, 6.07) is 5.56. The predicted octanol–water partition coefficient (Wildman–Crippen LogP) is 1.64. The Hall–Kier alpha value is -1.84. The highest BCUT2D eigenvalue weighted by molar-refractivity contribution is 5.70. The molecule has 1 aromatic carbocycles. The minimum absolute atomic E-state index is 0.140. The van der Waals surface area contributed by atoms with Gasteiger partial charge in [0.15, 0.2) is 0 Å². The Morgan fingerprint density at radius 3 is 2.59 bits per heavy atom. The van der Waals surface area contributed by atoms with E-state index in [1.54, 1.807) is 6.07 Å². The number of hydrogen-bond acceptors (Lipinski definition) is 4. The van der Waals surface area contributed by atoms with E-state index >= 15 is 0 Å². The molecule has 0 amide bonds. The van der Waals surface area contributed by atoms with E-state index in [9.17, 15) is 9.59 Å². The van der Waals surface area contributed by atoms with Crippen molar-refractivity contribution in [1.29, 1.82) is 0 Å². The minimum atomic E-state index is -0.339. The summed E-state index contributed by atoms with van der Waals surface area (Å²) in [4.78, 5) is 21.9. The van der Waals surface area contributed by atoms with E-state index in [-0.39, 0.29) is 18.0 Å². The second-order valence-corrected chi connectivity index (χ2v) is 4.13. The van der Waals surface area contributed by atoms with E-state index in [1.165, 1.54) is 13.8 Å². The summed E-state index contributed by atoms with van der Waals surface area (Å²) in [7, 11) is 0. The fourth-order valence-corrected chi connectivity index (χ4v) is 2.15. The summed E-state index contributed by atoms with van der Waals surface area (Å²) in [5, 5.41) is 0. The van der Waals surface area contributed by atoms with Crippen LogP contribution in [0.1, 0.15) is 25.0 Å². The molecule has 0 aliphatic heterocycles. The van der Waals surface area contributed by atoms with Gasteiger partial charge >= 0.3 is 11.9 Å². The molecule has 0 fully saturated rings. The molecule has 0 heterocycles. The van der Waals surface area contributed by atoms with Crippen LogP contribution in [0.25, 0.3) is 0 Å². The van der Waals surface area contributed by atoms with Crippen molar-refractivity contribution in [2.75, 3.05) is 0 Å². The molecule has 0 radical (unpaired) electrons. The first-order valence-electron chi connectivity index (χ1n) is 5.52. The monoisotopic (exact) mass is 234 g/mol. The lowest BCUT2D eigenvalue weighted by Gasteiger charge is -2.09. The molecule has 0 saturated heterocycles. The maximum atomic E-state index is 11.0. The highest BCUT2D eigenvalue weighted by atomic mass is 16.5. The molecular weight excluding hydrogens is 220 g/mol. The second-order valence-electron chi connectivity index (χ2n) is 4.13. The maximum absolute atomic E-state index is 11.0. The van der Waals surface area contributed by atoms with E-state index in [4.69, 9.17) is 9.47 Å². The van der Waals surface area contributed by atoms with Crippen LogP contribution in [0.15, 0.2) is 18.2 Å². The van der Waals surface area contributed by atoms with Crippen molar-refractivity contribution in [2.45, 2.75) is 32.8 Å². The van der Waals surface area contributed by atoms with E-state index in [0.717, 1.165) is 11.1 Å². The quantitative estimate of drug-likeness (QED) is 0.576. The lowest BCUT2D eigenvalue weighted by atomic mass is 10.1. The number of carbonyl (C=O) groups excluding carboxylic acids is 2. The van der Waals surface area contributed by atoms with Crippen LogP contribution in [0.5, 0.6) is 5.75 Å². The molecule has 1 atom stereocenters. The third-order valence-corrected chi connectivity index (χ3v) is 2.70. The van der Waals surface area contributed by atoms with Crippen LogP contribution in [0.4, 0.5) is 0 Å². The summed E-state index contributed by atoms with van der Waals surface area (Å²) in [6.07, 6.45) is 1.15. The van der Waals surface area contributed by atoms with Crippen molar-refractivity contribution >= 4 is 11.9 Å². The SMILES string of the molecule is CC(=O)Oc1cccc2c1CC(OC(C)=O)C2. The molecule has 1 aliphatic rings. The Bertz CT molecular complexity index is 464. The van der Waals surface area contributed by atoms with Gasteiger partial charge in [-0.1, -0.05) is 12.1 Å². The molecule has 17 heavy (non-hydrogen) atoms. The third-order valence-electron chi connectivity index (χ3n) is 2.70. The Morgan fingerprint density at radius 1 is 1.18 bits per heavy atom. The lowest BCUT2D eigenvalue weighted by Crippen LogP contribution is -2.16. The van der Waals surface area contributed by atoms with Gasteiger partial charge in [0.25, 0.3) is 0 Å². The summed E-state index contributed by atoms with van der Waals surface area (Å²) in [5.41, 5.74) is 2.05. The van der Waals surface area contributed by atoms with Crippen molar-refractivity contribution in [3.63, 3.8) is 0 Å². The van der Waals surface area contributed by atoms with E-state index in [0.29, 0.717) is 18.6 Å². The van der Waals surface area contributed by atoms with Gasteiger partial charge in [-0.3, -0.25) is 9.59 Å². The van der Waals surface area contributed by atoms with Crippen LogP contribution in [-0.4, -0.2) is 18.0 Å². The van der Waals surface area contributed by atoms with Gasteiger partial charge in [-0.25, -0.2) is 0 Å². The maximum Gasteiger partial charge on any atom is 0.308 e. The smallest absolute Gasteiger partial charge is 0.308 e. The standard InChI is InChI=1S/C13H14O4/c1-8(14)16-11-6-10-4-3-5-13(12(10)7-11)17-9(2)15/h3-5,11H,6-7H2,1-2H3. The fraction of sp³-hybridized carbons (Fsp3) is 0.385. The van der Waals surface area contributed by atoms with Crippen LogP contribution in [0, 0.1) is 0 Å². The highest BCUT2D eigenvalue weighted by Crippen LogP contribution is 2.32. The van der Waals surface area contributed by atoms with Gasteiger partial charge in [0.2, 0.25) is 0 Å². The Morgan fingerprint density at radius 2 is 1.94 bits per heavy atom. The zero-order valence-corrected chi connectivity index (χ0v) is 9.86. The van der Waals surface area contributed by atoms with Gasteiger partial charge in [-0.2, -0.15) is 0 Å². The topological polar surface area (TPSA) is 52.6 Å². The van der Waals surface area contributed by atoms with Gasteiger partial charge in [0.1, 0.15) is 11.9 Å². The molecule has 1 aliphatic carbocycles. The molecule has 0 saturated carbocycles. The molecule has 0 N–H and O–H groups in total. The molecule has 1 unspecified atom stereocenters. The van der Waals surface area contributed by atoms with Crippen molar-refractivity contribution in [2.24, 2.45) is 0 Å². The Labute approximate surface area is 99.5 Å². The summed E-state index contributed by atoms with van der Waals surface area (Å²) in [6.45, 7) is 2.77. The van der Waals surface area contributed by atoms with Crippen LogP contribution >= 0.6 is 0 Å². The molecule has 4 heteroatoms. The number of carbonyl (C=O) groups is 2. The number of rotatable bonds is 2. The van der Waals surface area contributed by atoms with Gasteiger partial charge < -0.3 is 9.47 Å². The molecule has 4 nitrogen and oxygen atoms in total. The molecule has 0 bridgehead atoms. The van der Waals surface area contributed by atoms with Crippen LogP contribution < -0.4 is 4.74 Å². The first-order chi connectivity index (χ1) is 8.06. The zero-order chi connectivity index (χ0) is 12.4. The second kappa shape index (κ2) is 4.57. The van der Waals surface area contributed by atoms with Crippen molar-refractivity contribution in [1.82, 2.24) is 0 Å². The number of ether oxygens (including phenoxy) is 2. The molecule has 2 rings (SSSR count). The average Bonchev–Trinajstić information content (AvgIpc) is 2.59. The number of esters is 2. The zero-order valence-electron chi connectivity index (χ0n) is 9.86.